The summed E-state index contributed by atoms with van der Waals surface area (Å²) >= 11 is 0. The van der Waals surface area contributed by atoms with E-state index in [-0.39, 0.29) is 0 Å². The summed E-state index contributed by atoms with van der Waals surface area (Å²) < 4.78 is 0. The van der Waals surface area contributed by atoms with Crippen LogP contribution in [0, 0.1) is 0 Å². The van der Waals surface area contributed by atoms with E-state index in [1.807, 2.05) is 0 Å². The number of unbranched alkanes of at least 4 members (excludes halogenated alkanes) is 1. The average Bonchev–Trinajstić information content (AvgIpc) is 2.54. The van der Waals surface area contributed by atoms with Crippen LogP contribution in [0.25, 0.3) is 0 Å². The fraction of sp³-hybridized carbons (Fsp3) is 0.400. The molecule has 2 aromatic carbocycles. The SMILES string of the molecule is CCCCc1ccc2c(c1)CCN(Cc1ccccc1)C2. The van der Waals surface area contributed by atoms with E-state index < -0.39 is 0 Å². The van der Waals surface area contributed by atoms with E-state index in [4.69, 9.17) is 0 Å². The maximum Gasteiger partial charge on any atom is 0.0240 e. The molecule has 0 saturated carbocycles. The highest BCUT2D eigenvalue weighted by Crippen LogP contribution is 2.22. The molecule has 0 radical (unpaired) electrons. The van der Waals surface area contributed by atoms with Crippen molar-refractivity contribution in [2.24, 2.45) is 0 Å². The van der Waals surface area contributed by atoms with Crippen molar-refractivity contribution in [3.8, 4) is 0 Å². The van der Waals surface area contributed by atoms with E-state index in [1.165, 1.54) is 48.9 Å². The molecule has 21 heavy (non-hydrogen) atoms. The highest BCUT2D eigenvalue weighted by atomic mass is 15.1. The average molecular weight is 279 g/mol. The molecule has 0 aromatic heterocycles. The zero-order valence-corrected chi connectivity index (χ0v) is 13.0. The van der Waals surface area contributed by atoms with E-state index in [0.717, 1.165) is 13.1 Å². The molecule has 1 aliphatic heterocycles. The van der Waals surface area contributed by atoms with Gasteiger partial charge in [-0.05, 0) is 41.5 Å². The first-order valence-electron chi connectivity index (χ1n) is 8.22. The van der Waals surface area contributed by atoms with E-state index >= 15 is 0 Å². The second-order valence-corrected chi connectivity index (χ2v) is 6.15. The van der Waals surface area contributed by atoms with Gasteiger partial charge < -0.3 is 0 Å². The van der Waals surface area contributed by atoms with Gasteiger partial charge in [-0.25, -0.2) is 0 Å². The van der Waals surface area contributed by atoms with Crippen LogP contribution in [0.5, 0.6) is 0 Å². The Labute approximate surface area is 128 Å². The van der Waals surface area contributed by atoms with E-state index in [2.05, 4.69) is 60.4 Å². The fourth-order valence-corrected chi connectivity index (χ4v) is 3.18. The molecule has 0 N–H and O–H groups in total. The number of hydrogen-bond acceptors (Lipinski definition) is 1. The molecule has 1 heteroatoms. The number of rotatable bonds is 5. The summed E-state index contributed by atoms with van der Waals surface area (Å²) in [4.78, 5) is 2.56. The Morgan fingerprint density at radius 2 is 1.81 bits per heavy atom. The summed E-state index contributed by atoms with van der Waals surface area (Å²) in [6.07, 6.45) is 5.01. The maximum atomic E-state index is 2.56. The third-order valence-electron chi connectivity index (χ3n) is 4.43. The molecule has 0 fully saturated rings. The van der Waals surface area contributed by atoms with Crippen LogP contribution >= 0.6 is 0 Å². The van der Waals surface area contributed by atoms with Gasteiger partial charge >= 0.3 is 0 Å². The minimum absolute atomic E-state index is 1.07. The van der Waals surface area contributed by atoms with Crippen LogP contribution in [0.2, 0.25) is 0 Å². The number of fused-ring (bicyclic) bond motifs is 1. The Kier molecular flexibility index (Phi) is 4.72. The summed E-state index contributed by atoms with van der Waals surface area (Å²) in [6, 6.07) is 17.9. The third-order valence-corrected chi connectivity index (χ3v) is 4.43. The second kappa shape index (κ2) is 6.91. The fourth-order valence-electron chi connectivity index (χ4n) is 3.18. The highest BCUT2D eigenvalue weighted by Gasteiger charge is 2.16. The molecule has 0 saturated heterocycles. The lowest BCUT2D eigenvalue weighted by atomic mass is 9.95. The first-order chi connectivity index (χ1) is 10.3. The van der Waals surface area contributed by atoms with E-state index in [1.54, 1.807) is 5.56 Å². The van der Waals surface area contributed by atoms with Gasteiger partial charge in [0, 0.05) is 19.6 Å². The highest BCUT2D eigenvalue weighted by molar-refractivity contribution is 5.34. The third kappa shape index (κ3) is 3.74. The van der Waals surface area contributed by atoms with Crippen molar-refractivity contribution in [3.05, 3.63) is 70.8 Å². The molecule has 2 aromatic rings. The Bertz CT molecular complexity index is 574. The minimum atomic E-state index is 1.07. The molecule has 1 aliphatic rings. The lowest BCUT2D eigenvalue weighted by molar-refractivity contribution is 0.245. The molecule has 0 atom stereocenters. The predicted molar refractivity (Wildman–Crippen MR) is 89.3 cm³/mol. The van der Waals surface area contributed by atoms with Gasteiger partial charge in [-0.2, -0.15) is 0 Å². The standard InChI is InChI=1S/C20H25N/c1-2-3-7-17-10-11-20-16-21(13-12-19(20)14-17)15-18-8-5-4-6-9-18/h4-6,8-11,14H,2-3,7,12-13,15-16H2,1H3. The molecule has 0 aliphatic carbocycles. The smallest absolute Gasteiger partial charge is 0.0240 e. The lowest BCUT2D eigenvalue weighted by Crippen LogP contribution is -2.30. The zero-order chi connectivity index (χ0) is 14.5. The first kappa shape index (κ1) is 14.3. The van der Waals surface area contributed by atoms with Crippen molar-refractivity contribution < 1.29 is 0 Å². The summed E-state index contributed by atoms with van der Waals surface area (Å²) in [7, 11) is 0. The van der Waals surface area contributed by atoms with Gasteiger partial charge in [-0.1, -0.05) is 61.9 Å². The van der Waals surface area contributed by atoms with Crippen molar-refractivity contribution in [1.82, 2.24) is 4.90 Å². The molecule has 3 rings (SSSR count). The Morgan fingerprint density at radius 3 is 2.62 bits per heavy atom. The van der Waals surface area contributed by atoms with Crippen LogP contribution in [-0.2, 0) is 25.9 Å². The summed E-state index contributed by atoms with van der Waals surface area (Å²) in [6.45, 7) is 5.61. The number of aryl methyl sites for hydroxylation is 1. The summed E-state index contributed by atoms with van der Waals surface area (Å²) in [5.41, 5.74) is 6.04. The van der Waals surface area contributed by atoms with Gasteiger partial charge in [0.1, 0.15) is 0 Å². The van der Waals surface area contributed by atoms with Crippen molar-refractivity contribution in [2.75, 3.05) is 6.54 Å². The molecule has 110 valence electrons. The lowest BCUT2D eigenvalue weighted by Gasteiger charge is -2.29. The van der Waals surface area contributed by atoms with Gasteiger partial charge in [-0.3, -0.25) is 4.90 Å². The number of hydrogen-bond donors (Lipinski definition) is 0. The summed E-state index contributed by atoms with van der Waals surface area (Å²) in [5.74, 6) is 0. The first-order valence-corrected chi connectivity index (χ1v) is 8.22. The molecule has 0 spiro atoms. The molecular weight excluding hydrogens is 254 g/mol. The van der Waals surface area contributed by atoms with Crippen molar-refractivity contribution in [3.63, 3.8) is 0 Å². The van der Waals surface area contributed by atoms with Gasteiger partial charge in [0.15, 0.2) is 0 Å². The van der Waals surface area contributed by atoms with Gasteiger partial charge in [0.25, 0.3) is 0 Å². The van der Waals surface area contributed by atoms with Gasteiger partial charge in [-0.15, -0.1) is 0 Å². The summed E-state index contributed by atoms with van der Waals surface area (Å²) in [5, 5.41) is 0. The molecule has 1 heterocycles. The molecular formula is C20H25N. The molecule has 0 unspecified atom stereocenters. The maximum absolute atomic E-state index is 2.56. The van der Waals surface area contributed by atoms with Gasteiger partial charge in [0.2, 0.25) is 0 Å². The van der Waals surface area contributed by atoms with Crippen LogP contribution in [0.15, 0.2) is 48.5 Å². The number of benzene rings is 2. The quantitative estimate of drug-likeness (QED) is 0.774. The Morgan fingerprint density at radius 1 is 0.952 bits per heavy atom. The zero-order valence-electron chi connectivity index (χ0n) is 13.0. The monoisotopic (exact) mass is 279 g/mol. The topological polar surface area (TPSA) is 3.24 Å². The number of nitrogens with zero attached hydrogens (tertiary/aromatic N) is 1. The minimum Gasteiger partial charge on any atom is -0.294 e. The largest absolute Gasteiger partial charge is 0.294 e. The van der Waals surface area contributed by atoms with Crippen LogP contribution in [-0.4, -0.2) is 11.4 Å². The second-order valence-electron chi connectivity index (χ2n) is 6.15. The van der Waals surface area contributed by atoms with Crippen molar-refractivity contribution >= 4 is 0 Å². The van der Waals surface area contributed by atoms with Crippen molar-refractivity contribution in [1.29, 1.82) is 0 Å². The van der Waals surface area contributed by atoms with Crippen LogP contribution in [0.3, 0.4) is 0 Å². The van der Waals surface area contributed by atoms with Crippen LogP contribution < -0.4 is 0 Å². The molecule has 0 amide bonds. The Balaban J connectivity index is 1.65. The molecule has 1 nitrogen and oxygen atoms in total. The van der Waals surface area contributed by atoms with Crippen molar-refractivity contribution in [2.45, 2.75) is 45.7 Å². The van der Waals surface area contributed by atoms with E-state index in [0.29, 0.717) is 0 Å². The van der Waals surface area contributed by atoms with Gasteiger partial charge in [0.05, 0.1) is 0 Å². The molecule has 0 bridgehead atoms. The predicted octanol–water partition coefficient (Wildman–Crippen LogP) is 4.59. The van der Waals surface area contributed by atoms with E-state index in [9.17, 15) is 0 Å². The van der Waals surface area contributed by atoms with Crippen LogP contribution in [0.1, 0.15) is 42.0 Å². The van der Waals surface area contributed by atoms with Crippen LogP contribution in [0.4, 0.5) is 0 Å². The normalized spacial score (nSPS) is 14.9. The Hall–Kier alpha value is -1.60.